The number of nitrogens with one attached hydrogen (secondary N) is 1. The van der Waals surface area contributed by atoms with E-state index in [1.807, 2.05) is 31.6 Å². The zero-order chi connectivity index (χ0) is 19.4. The molecule has 0 unspecified atom stereocenters. The van der Waals surface area contributed by atoms with Crippen LogP contribution in [0.5, 0.6) is 0 Å². The molecule has 0 aliphatic rings. The van der Waals surface area contributed by atoms with Crippen LogP contribution in [0.2, 0.25) is 0 Å². The molecule has 0 fully saturated rings. The van der Waals surface area contributed by atoms with Crippen molar-refractivity contribution in [2.24, 2.45) is 0 Å². The summed E-state index contributed by atoms with van der Waals surface area (Å²) in [6.45, 7) is 6.59. The smallest absolute Gasteiger partial charge is 0.290 e. The molecule has 0 saturated carbocycles. The minimum atomic E-state index is -0.305. The number of benzene rings is 1. The molecule has 142 valence electrons. The Labute approximate surface area is 157 Å². The predicted octanol–water partition coefficient (Wildman–Crippen LogP) is 3.76. The van der Waals surface area contributed by atoms with Gasteiger partial charge in [0.1, 0.15) is 11.5 Å². The Morgan fingerprint density at radius 3 is 2.74 bits per heavy atom. The lowest BCUT2D eigenvalue weighted by Crippen LogP contribution is -2.32. The maximum Gasteiger partial charge on any atom is 0.290 e. The first-order valence-electron chi connectivity index (χ1n) is 9.02. The highest BCUT2D eigenvalue weighted by Crippen LogP contribution is 2.22. The van der Waals surface area contributed by atoms with Crippen molar-refractivity contribution < 1.29 is 13.7 Å². The number of carbonyl (C=O) groups is 1. The van der Waals surface area contributed by atoms with E-state index in [0.717, 1.165) is 36.2 Å². The summed E-state index contributed by atoms with van der Waals surface area (Å²) in [5.74, 6) is -0.385. The highest BCUT2D eigenvalue weighted by atomic mass is 19.1. The third-order valence-electron chi connectivity index (χ3n) is 4.44. The summed E-state index contributed by atoms with van der Waals surface area (Å²) < 4.78 is 20.0. The van der Waals surface area contributed by atoms with Crippen LogP contribution in [-0.4, -0.2) is 26.9 Å². The van der Waals surface area contributed by atoms with Crippen molar-refractivity contribution >= 4 is 5.91 Å². The van der Waals surface area contributed by atoms with Crippen LogP contribution in [-0.2, 0) is 13.0 Å². The average molecular weight is 370 g/mol. The van der Waals surface area contributed by atoms with Crippen LogP contribution < -0.4 is 5.32 Å². The van der Waals surface area contributed by atoms with Crippen LogP contribution in [0.15, 0.2) is 41.1 Å². The molecular weight excluding hydrogens is 347 g/mol. The van der Waals surface area contributed by atoms with Gasteiger partial charge in [-0.05, 0) is 51.3 Å². The zero-order valence-corrected chi connectivity index (χ0v) is 15.7. The summed E-state index contributed by atoms with van der Waals surface area (Å²) in [6, 6.07) is 7.97. The molecule has 0 spiro atoms. The molecule has 0 aliphatic heterocycles. The Morgan fingerprint density at radius 1 is 1.33 bits per heavy atom. The maximum atomic E-state index is 12.9. The Bertz CT molecular complexity index is 914. The number of aryl methyl sites for hydroxylation is 3. The fraction of sp³-hybridized carbons (Fsp3) is 0.350. The molecule has 0 bridgehead atoms. The van der Waals surface area contributed by atoms with Crippen molar-refractivity contribution in [1.29, 1.82) is 0 Å². The molecule has 0 aliphatic carbocycles. The molecule has 2 aromatic heterocycles. The Morgan fingerprint density at radius 2 is 2.07 bits per heavy atom. The molecule has 27 heavy (non-hydrogen) atoms. The van der Waals surface area contributed by atoms with Gasteiger partial charge >= 0.3 is 0 Å². The summed E-state index contributed by atoms with van der Waals surface area (Å²) in [7, 11) is 0. The number of nitrogens with zero attached hydrogens (tertiary/aromatic N) is 3. The second-order valence-corrected chi connectivity index (χ2v) is 6.60. The monoisotopic (exact) mass is 370 g/mol. The standard InChI is InChI=1S/C20H23FN4O2/c1-4-25-12-17(14(3)23-25)18-11-19(27-24-18)20(26)22-13(2)5-6-15-7-9-16(21)10-8-15/h7-13H,4-6H2,1-3H3,(H,22,26)/t13-/m1/s1. The van der Waals surface area contributed by atoms with E-state index in [2.05, 4.69) is 15.6 Å². The molecule has 3 aromatic rings. The molecular formula is C20H23FN4O2. The molecule has 1 atom stereocenters. The van der Waals surface area contributed by atoms with Crippen LogP contribution in [0.4, 0.5) is 4.39 Å². The fourth-order valence-corrected chi connectivity index (χ4v) is 2.84. The number of halogens is 1. The molecule has 2 heterocycles. The van der Waals surface area contributed by atoms with Gasteiger partial charge in [0.25, 0.3) is 5.91 Å². The van der Waals surface area contributed by atoms with E-state index in [1.165, 1.54) is 12.1 Å². The minimum absolute atomic E-state index is 0.0549. The minimum Gasteiger partial charge on any atom is -0.350 e. The van der Waals surface area contributed by atoms with Crippen LogP contribution >= 0.6 is 0 Å². The normalized spacial score (nSPS) is 12.1. The first-order chi connectivity index (χ1) is 13.0. The Hall–Kier alpha value is -2.96. The van der Waals surface area contributed by atoms with Gasteiger partial charge in [-0.25, -0.2) is 4.39 Å². The summed E-state index contributed by atoms with van der Waals surface area (Å²) in [5, 5.41) is 11.3. The van der Waals surface area contributed by atoms with E-state index in [0.29, 0.717) is 5.69 Å². The van der Waals surface area contributed by atoms with E-state index in [9.17, 15) is 9.18 Å². The Balaban J connectivity index is 1.58. The van der Waals surface area contributed by atoms with Crippen molar-refractivity contribution in [3.8, 4) is 11.3 Å². The lowest BCUT2D eigenvalue weighted by Gasteiger charge is -2.12. The highest BCUT2D eigenvalue weighted by Gasteiger charge is 2.18. The van der Waals surface area contributed by atoms with E-state index >= 15 is 0 Å². The number of hydrogen-bond donors (Lipinski definition) is 1. The lowest BCUT2D eigenvalue weighted by atomic mass is 10.1. The van der Waals surface area contributed by atoms with Gasteiger partial charge in [0, 0.05) is 30.4 Å². The fourth-order valence-electron chi connectivity index (χ4n) is 2.84. The van der Waals surface area contributed by atoms with Crippen LogP contribution in [0, 0.1) is 12.7 Å². The van der Waals surface area contributed by atoms with E-state index in [-0.39, 0.29) is 23.5 Å². The number of hydrogen-bond acceptors (Lipinski definition) is 4. The van der Waals surface area contributed by atoms with Gasteiger partial charge in [-0.3, -0.25) is 9.48 Å². The summed E-state index contributed by atoms with van der Waals surface area (Å²) >= 11 is 0. The number of amides is 1. The summed E-state index contributed by atoms with van der Waals surface area (Å²) in [4.78, 5) is 12.4. The van der Waals surface area contributed by atoms with Gasteiger partial charge < -0.3 is 9.84 Å². The first kappa shape index (κ1) is 18.8. The van der Waals surface area contributed by atoms with Gasteiger partial charge in [0.05, 0.1) is 5.69 Å². The topological polar surface area (TPSA) is 73.0 Å². The van der Waals surface area contributed by atoms with E-state index < -0.39 is 0 Å². The molecule has 1 amide bonds. The molecule has 0 radical (unpaired) electrons. The number of carbonyl (C=O) groups excluding carboxylic acids is 1. The predicted molar refractivity (Wildman–Crippen MR) is 99.8 cm³/mol. The summed E-state index contributed by atoms with van der Waals surface area (Å²) in [5.41, 5.74) is 3.31. The zero-order valence-electron chi connectivity index (χ0n) is 15.7. The molecule has 7 heteroatoms. The van der Waals surface area contributed by atoms with Gasteiger partial charge in [-0.1, -0.05) is 17.3 Å². The van der Waals surface area contributed by atoms with Gasteiger partial charge in [0.15, 0.2) is 0 Å². The average Bonchev–Trinajstić information content (AvgIpc) is 3.27. The molecule has 3 rings (SSSR count). The Kier molecular flexibility index (Phi) is 5.69. The largest absolute Gasteiger partial charge is 0.350 e. The molecule has 0 saturated heterocycles. The molecule has 1 N–H and O–H groups in total. The van der Waals surface area contributed by atoms with Crippen LogP contribution in [0.1, 0.15) is 42.1 Å². The third kappa shape index (κ3) is 4.61. The maximum absolute atomic E-state index is 12.9. The van der Waals surface area contributed by atoms with Crippen molar-refractivity contribution in [3.05, 3.63) is 59.4 Å². The van der Waals surface area contributed by atoms with Crippen LogP contribution in [0.3, 0.4) is 0 Å². The quantitative estimate of drug-likeness (QED) is 0.687. The van der Waals surface area contributed by atoms with E-state index in [4.69, 9.17) is 4.52 Å². The number of rotatable bonds is 7. The first-order valence-corrected chi connectivity index (χ1v) is 9.02. The van der Waals surface area contributed by atoms with Crippen molar-refractivity contribution in [3.63, 3.8) is 0 Å². The van der Waals surface area contributed by atoms with Crippen molar-refractivity contribution in [2.45, 2.75) is 46.2 Å². The molecule has 6 nitrogen and oxygen atoms in total. The van der Waals surface area contributed by atoms with Gasteiger partial charge in [-0.15, -0.1) is 0 Å². The van der Waals surface area contributed by atoms with Gasteiger partial charge in [-0.2, -0.15) is 5.10 Å². The molecule has 1 aromatic carbocycles. The highest BCUT2D eigenvalue weighted by molar-refractivity contribution is 5.92. The second kappa shape index (κ2) is 8.16. The van der Waals surface area contributed by atoms with E-state index in [1.54, 1.807) is 18.2 Å². The van der Waals surface area contributed by atoms with Crippen molar-refractivity contribution in [1.82, 2.24) is 20.3 Å². The van der Waals surface area contributed by atoms with Crippen LogP contribution in [0.25, 0.3) is 11.3 Å². The van der Waals surface area contributed by atoms with Crippen molar-refractivity contribution in [2.75, 3.05) is 0 Å². The number of aromatic nitrogens is 3. The lowest BCUT2D eigenvalue weighted by molar-refractivity contribution is 0.0901. The van der Waals surface area contributed by atoms with Gasteiger partial charge in [0.2, 0.25) is 5.76 Å². The third-order valence-corrected chi connectivity index (χ3v) is 4.44. The second-order valence-electron chi connectivity index (χ2n) is 6.60. The summed E-state index contributed by atoms with van der Waals surface area (Å²) in [6.07, 6.45) is 3.37. The SMILES string of the molecule is CCn1cc(-c2cc(C(=O)N[C@H](C)CCc3ccc(F)cc3)on2)c(C)n1.